The van der Waals surface area contributed by atoms with E-state index in [-0.39, 0.29) is 4.90 Å². The number of aryl methyl sites for hydroxylation is 2. The first-order chi connectivity index (χ1) is 14.4. The Morgan fingerprint density at radius 3 is 2.73 bits per heavy atom. The molecule has 3 N–H and O–H groups in total. The van der Waals surface area contributed by atoms with Crippen molar-refractivity contribution in [2.24, 2.45) is 5.14 Å². The van der Waals surface area contributed by atoms with Crippen molar-refractivity contribution < 1.29 is 12.8 Å². The number of benzene rings is 1. The molecule has 4 aromatic rings. The zero-order valence-corrected chi connectivity index (χ0v) is 17.5. The molecule has 0 radical (unpaired) electrons. The number of anilines is 1. The molecule has 3 aromatic heterocycles. The van der Waals surface area contributed by atoms with Crippen LogP contribution in [0.15, 0.2) is 53.0 Å². The first-order valence-corrected chi connectivity index (χ1v) is 11.6. The van der Waals surface area contributed by atoms with Gasteiger partial charge in [-0.25, -0.2) is 18.5 Å². The van der Waals surface area contributed by atoms with Crippen LogP contribution in [0, 0.1) is 6.08 Å². The van der Waals surface area contributed by atoms with Gasteiger partial charge in [0.1, 0.15) is 0 Å². The van der Waals surface area contributed by atoms with E-state index in [0.717, 1.165) is 10.4 Å². The Hall–Kier alpha value is -2.89. The number of nitrogens with zero attached hydrogens (tertiary/aromatic N) is 4. The summed E-state index contributed by atoms with van der Waals surface area (Å²) in [6.07, 6.45) is 2.15. The molecule has 0 amide bonds. The van der Waals surface area contributed by atoms with Gasteiger partial charge in [-0.2, -0.15) is 14.4 Å². The zero-order chi connectivity index (χ0) is 21.1. The van der Waals surface area contributed by atoms with Crippen LogP contribution in [0.2, 0.25) is 0 Å². The number of imidazole rings is 1. The van der Waals surface area contributed by atoms with Crippen molar-refractivity contribution in [2.45, 2.75) is 30.8 Å². The lowest BCUT2D eigenvalue weighted by molar-refractivity contribution is 0.541. The molecule has 30 heavy (non-hydrogen) atoms. The van der Waals surface area contributed by atoms with E-state index in [4.69, 9.17) is 5.14 Å². The standard InChI is InChI=1S/C19H19FN6O2S2/c20-19-24-17(22-10-13-5-2-1-3-6-13)16-18(25-19)26(12-23-16)8-4-7-14-9-15(11-29-14)30(21,27)28/h1-3,5-6,9,11-12H,4,7-8,10H2,(H2,21,27,28)(H,22,24,25). The molecule has 0 spiro atoms. The molecule has 0 aliphatic rings. The maximum absolute atomic E-state index is 14.0. The van der Waals surface area contributed by atoms with E-state index < -0.39 is 16.1 Å². The van der Waals surface area contributed by atoms with E-state index in [1.807, 2.05) is 30.3 Å². The van der Waals surface area contributed by atoms with Crippen molar-refractivity contribution in [3.63, 3.8) is 0 Å². The van der Waals surface area contributed by atoms with E-state index >= 15 is 0 Å². The van der Waals surface area contributed by atoms with Crippen molar-refractivity contribution in [3.8, 4) is 0 Å². The van der Waals surface area contributed by atoms with Gasteiger partial charge in [-0.3, -0.25) is 0 Å². The summed E-state index contributed by atoms with van der Waals surface area (Å²) in [5.41, 5.74) is 1.95. The van der Waals surface area contributed by atoms with Crippen molar-refractivity contribution in [1.82, 2.24) is 19.5 Å². The Labute approximate surface area is 176 Å². The molecule has 4 rings (SSSR count). The zero-order valence-electron chi connectivity index (χ0n) is 15.8. The van der Waals surface area contributed by atoms with Crippen molar-refractivity contribution in [2.75, 3.05) is 5.32 Å². The second-order valence-electron chi connectivity index (χ2n) is 6.69. The van der Waals surface area contributed by atoms with Gasteiger partial charge in [-0.15, -0.1) is 11.3 Å². The lowest BCUT2D eigenvalue weighted by atomic mass is 10.2. The van der Waals surface area contributed by atoms with Gasteiger partial charge in [0.25, 0.3) is 0 Å². The Bertz CT molecular complexity index is 1270. The smallest absolute Gasteiger partial charge is 0.312 e. The first kappa shape index (κ1) is 20.4. The molecular formula is C19H19FN6O2S2. The lowest BCUT2D eigenvalue weighted by Crippen LogP contribution is -2.10. The Balaban J connectivity index is 1.46. The van der Waals surface area contributed by atoms with Crippen LogP contribution < -0.4 is 10.5 Å². The van der Waals surface area contributed by atoms with Crippen molar-refractivity contribution in [1.29, 1.82) is 0 Å². The van der Waals surface area contributed by atoms with Crippen LogP contribution in [0.1, 0.15) is 16.9 Å². The highest BCUT2D eigenvalue weighted by atomic mass is 32.2. The fourth-order valence-corrected chi connectivity index (χ4v) is 4.91. The van der Waals surface area contributed by atoms with Crippen LogP contribution in [0.3, 0.4) is 0 Å². The maximum Gasteiger partial charge on any atom is 0.312 e. The predicted octanol–water partition coefficient (Wildman–Crippen LogP) is 2.92. The topological polar surface area (TPSA) is 116 Å². The van der Waals surface area contributed by atoms with Gasteiger partial charge in [0.05, 0.1) is 11.2 Å². The summed E-state index contributed by atoms with van der Waals surface area (Å²) >= 11 is 1.35. The minimum atomic E-state index is -3.68. The van der Waals surface area contributed by atoms with Gasteiger partial charge in [-0.1, -0.05) is 30.3 Å². The first-order valence-electron chi connectivity index (χ1n) is 9.16. The van der Waals surface area contributed by atoms with E-state index in [2.05, 4.69) is 20.3 Å². The Morgan fingerprint density at radius 2 is 2.00 bits per heavy atom. The number of sulfonamides is 1. The molecule has 0 saturated carbocycles. The van der Waals surface area contributed by atoms with E-state index in [0.29, 0.717) is 42.9 Å². The van der Waals surface area contributed by atoms with Crippen LogP contribution in [0.4, 0.5) is 10.2 Å². The quantitative estimate of drug-likeness (QED) is 0.402. The Kier molecular flexibility index (Phi) is 5.75. The third-order valence-electron chi connectivity index (χ3n) is 4.52. The van der Waals surface area contributed by atoms with E-state index in [1.165, 1.54) is 16.7 Å². The van der Waals surface area contributed by atoms with E-state index in [9.17, 15) is 12.8 Å². The average molecular weight is 447 g/mol. The molecule has 0 aliphatic carbocycles. The number of rotatable bonds is 8. The molecule has 156 valence electrons. The van der Waals surface area contributed by atoms with Crippen LogP contribution in [-0.4, -0.2) is 27.9 Å². The highest BCUT2D eigenvalue weighted by molar-refractivity contribution is 7.89. The highest BCUT2D eigenvalue weighted by Gasteiger charge is 2.14. The summed E-state index contributed by atoms with van der Waals surface area (Å²) in [4.78, 5) is 13.1. The predicted molar refractivity (Wildman–Crippen MR) is 113 cm³/mol. The third-order valence-corrected chi connectivity index (χ3v) is 6.56. The number of primary sulfonamides is 1. The number of hydrogen-bond donors (Lipinski definition) is 2. The third kappa shape index (κ3) is 4.64. The molecule has 1 aromatic carbocycles. The van der Waals surface area contributed by atoms with Gasteiger partial charge in [-0.05, 0) is 24.5 Å². The number of nitrogens with two attached hydrogens (primary N) is 1. The largest absolute Gasteiger partial charge is 0.364 e. The molecule has 11 heteroatoms. The minimum absolute atomic E-state index is 0.125. The number of fused-ring (bicyclic) bond motifs is 1. The monoisotopic (exact) mass is 446 g/mol. The number of aromatic nitrogens is 4. The summed E-state index contributed by atoms with van der Waals surface area (Å²) in [5, 5.41) is 9.79. The molecule has 0 bridgehead atoms. The van der Waals surface area contributed by atoms with Crippen molar-refractivity contribution >= 4 is 38.3 Å². The number of nitrogens with one attached hydrogen (secondary N) is 1. The summed E-state index contributed by atoms with van der Waals surface area (Å²) in [5.74, 6) is 0.344. The van der Waals surface area contributed by atoms with Gasteiger partial charge in [0.2, 0.25) is 10.0 Å². The van der Waals surface area contributed by atoms with E-state index in [1.54, 1.807) is 17.0 Å². The molecule has 8 nitrogen and oxygen atoms in total. The van der Waals surface area contributed by atoms with Crippen LogP contribution in [0.5, 0.6) is 0 Å². The van der Waals surface area contributed by atoms with Gasteiger partial charge in [0, 0.05) is 23.3 Å². The summed E-state index contributed by atoms with van der Waals surface area (Å²) in [6.45, 7) is 1.04. The normalized spacial score (nSPS) is 11.8. The number of hydrogen-bond acceptors (Lipinski definition) is 7. The molecule has 0 unspecified atom stereocenters. The highest BCUT2D eigenvalue weighted by Crippen LogP contribution is 2.22. The molecular weight excluding hydrogens is 427 g/mol. The maximum atomic E-state index is 14.0. The Morgan fingerprint density at radius 1 is 1.20 bits per heavy atom. The van der Waals surface area contributed by atoms with Crippen LogP contribution in [-0.2, 0) is 29.5 Å². The summed E-state index contributed by atoms with van der Waals surface area (Å²) < 4.78 is 38.5. The van der Waals surface area contributed by atoms with Crippen LogP contribution in [0.25, 0.3) is 11.2 Å². The molecule has 0 atom stereocenters. The number of thiophene rings is 1. The number of halogens is 1. The molecule has 3 heterocycles. The minimum Gasteiger partial charge on any atom is -0.364 e. The average Bonchev–Trinajstić information content (AvgIpc) is 3.34. The van der Waals surface area contributed by atoms with Gasteiger partial charge < -0.3 is 9.88 Å². The van der Waals surface area contributed by atoms with Crippen molar-refractivity contribution in [3.05, 3.63) is 64.6 Å². The molecule has 0 saturated heterocycles. The fourth-order valence-electron chi connectivity index (χ4n) is 3.05. The molecule has 0 fully saturated rings. The second-order valence-corrected chi connectivity index (χ2v) is 9.25. The molecule has 0 aliphatic heterocycles. The fraction of sp³-hybridized carbons (Fsp3) is 0.211. The second kappa shape index (κ2) is 8.46. The SMILES string of the molecule is NS(=O)(=O)c1csc(CCCn2cnc3c(NCc4ccccc4)nc(F)nc32)c1. The van der Waals surface area contributed by atoms with Crippen LogP contribution >= 0.6 is 11.3 Å². The van der Waals surface area contributed by atoms with Gasteiger partial charge in [0.15, 0.2) is 17.0 Å². The summed E-state index contributed by atoms with van der Waals surface area (Å²) in [7, 11) is -3.68. The lowest BCUT2D eigenvalue weighted by Gasteiger charge is -2.07. The summed E-state index contributed by atoms with van der Waals surface area (Å²) in [6, 6.07) is 11.3. The van der Waals surface area contributed by atoms with Gasteiger partial charge >= 0.3 is 6.08 Å².